The fourth-order valence-electron chi connectivity index (χ4n) is 4.49. The average molecular weight is 455 g/mol. The van der Waals surface area contributed by atoms with Crippen molar-refractivity contribution in [3.63, 3.8) is 0 Å². The minimum atomic E-state index is -1.53. The number of piperazine rings is 1. The molecule has 0 N–H and O–H groups in total. The Kier molecular flexibility index (Phi) is 8.10. The van der Waals surface area contributed by atoms with Crippen molar-refractivity contribution in [1.29, 1.82) is 0 Å². The molecule has 170 valence electrons. The summed E-state index contributed by atoms with van der Waals surface area (Å²) in [5, 5.41) is 23.4. The van der Waals surface area contributed by atoms with Crippen LogP contribution in [0, 0.1) is 10.1 Å². The lowest BCUT2D eigenvalue weighted by Gasteiger charge is -2.47. The Balaban J connectivity index is 0.00000341. The van der Waals surface area contributed by atoms with Gasteiger partial charge in [-0.3, -0.25) is 14.9 Å². The SMILES string of the molecule is CC(=O)N1CC[N+](C(=O)[O-])(C(=O)Cc2ccccc2[N+](=O)[O-])CC1CN1CCCC1.Cl. The van der Waals surface area contributed by atoms with Crippen LogP contribution in [0.15, 0.2) is 24.3 Å². The largest absolute Gasteiger partial charge is 0.498 e. The van der Waals surface area contributed by atoms with Gasteiger partial charge in [-0.15, -0.1) is 12.4 Å². The zero-order chi connectivity index (χ0) is 21.9. The van der Waals surface area contributed by atoms with Gasteiger partial charge in [0.1, 0.15) is 13.1 Å². The van der Waals surface area contributed by atoms with Crippen molar-refractivity contribution in [3.05, 3.63) is 39.9 Å². The molecule has 0 aliphatic carbocycles. The van der Waals surface area contributed by atoms with Gasteiger partial charge in [-0.05, 0) is 25.9 Å². The number of rotatable bonds is 5. The lowest BCUT2D eigenvalue weighted by molar-refractivity contribution is -0.812. The third-order valence-corrected chi connectivity index (χ3v) is 6.11. The van der Waals surface area contributed by atoms with Gasteiger partial charge >= 0.3 is 5.91 Å². The molecular weight excluding hydrogens is 428 g/mol. The van der Waals surface area contributed by atoms with Crippen LogP contribution in [0.3, 0.4) is 0 Å². The van der Waals surface area contributed by atoms with E-state index >= 15 is 0 Å². The molecule has 2 aliphatic heterocycles. The molecule has 1 aromatic rings. The molecule has 0 spiro atoms. The molecule has 10 nitrogen and oxygen atoms in total. The summed E-state index contributed by atoms with van der Waals surface area (Å²) in [5.74, 6) is -0.833. The number of carboxylic acid groups (broad SMARTS) is 1. The number of nitrogens with zero attached hydrogens (tertiary/aromatic N) is 4. The number of benzene rings is 1. The van der Waals surface area contributed by atoms with Crippen LogP contribution in [0.1, 0.15) is 25.3 Å². The first-order valence-electron chi connectivity index (χ1n) is 10.1. The van der Waals surface area contributed by atoms with Crippen molar-refractivity contribution in [1.82, 2.24) is 9.80 Å². The Labute approximate surface area is 186 Å². The Morgan fingerprint density at radius 1 is 1.16 bits per heavy atom. The smallest absolute Gasteiger partial charge is 0.324 e. The monoisotopic (exact) mass is 454 g/mol. The van der Waals surface area contributed by atoms with E-state index in [1.807, 2.05) is 0 Å². The number of carbonyl (C=O) groups is 3. The lowest BCUT2D eigenvalue weighted by atomic mass is 10.0. The van der Waals surface area contributed by atoms with Crippen molar-refractivity contribution < 1.29 is 28.9 Å². The Hall–Kier alpha value is -2.56. The number of imide groups is 1. The number of para-hydroxylation sites is 1. The Morgan fingerprint density at radius 3 is 2.39 bits per heavy atom. The van der Waals surface area contributed by atoms with Crippen molar-refractivity contribution in [2.45, 2.75) is 32.2 Å². The molecule has 3 rings (SSSR count). The van der Waals surface area contributed by atoms with Gasteiger partial charge in [0.15, 0.2) is 0 Å². The highest BCUT2D eigenvalue weighted by Crippen LogP contribution is 2.25. The van der Waals surface area contributed by atoms with Gasteiger partial charge in [0.05, 0.1) is 23.9 Å². The minimum Gasteiger partial charge on any atom is -0.498 e. The molecule has 0 bridgehead atoms. The first-order valence-corrected chi connectivity index (χ1v) is 10.1. The predicted octanol–water partition coefficient (Wildman–Crippen LogP) is 0.572. The van der Waals surface area contributed by atoms with E-state index in [1.165, 1.54) is 25.1 Å². The summed E-state index contributed by atoms with van der Waals surface area (Å²) in [6.45, 7) is 3.58. The van der Waals surface area contributed by atoms with Crippen molar-refractivity contribution in [3.8, 4) is 0 Å². The normalized spacial score (nSPS) is 23.8. The molecule has 2 heterocycles. The number of halogens is 1. The number of hydrogen-bond donors (Lipinski definition) is 0. The summed E-state index contributed by atoms with van der Waals surface area (Å²) in [7, 11) is 0. The number of nitro groups is 1. The number of hydrogen-bond acceptors (Lipinski definition) is 7. The Morgan fingerprint density at radius 2 is 1.81 bits per heavy atom. The second-order valence-corrected chi connectivity index (χ2v) is 7.97. The van der Waals surface area contributed by atoms with E-state index in [2.05, 4.69) is 4.90 Å². The second-order valence-electron chi connectivity index (χ2n) is 7.97. The van der Waals surface area contributed by atoms with Gasteiger partial charge in [-0.2, -0.15) is 0 Å². The maximum absolute atomic E-state index is 13.2. The predicted molar refractivity (Wildman–Crippen MR) is 111 cm³/mol. The second kappa shape index (κ2) is 10.2. The number of likely N-dealkylation sites (tertiary alicyclic amines) is 1. The van der Waals surface area contributed by atoms with E-state index in [0.29, 0.717) is 6.54 Å². The molecule has 1 aromatic carbocycles. The summed E-state index contributed by atoms with van der Waals surface area (Å²) in [4.78, 5) is 51.9. The number of nitro benzene ring substituents is 1. The molecule has 0 radical (unpaired) electrons. The van der Waals surface area contributed by atoms with E-state index in [0.717, 1.165) is 25.9 Å². The van der Waals surface area contributed by atoms with Crippen molar-refractivity contribution in [2.75, 3.05) is 39.3 Å². The summed E-state index contributed by atoms with van der Waals surface area (Å²) in [6.07, 6.45) is 0.170. The van der Waals surface area contributed by atoms with Crippen LogP contribution in [-0.2, 0) is 16.0 Å². The maximum atomic E-state index is 13.2. The highest BCUT2D eigenvalue weighted by Gasteiger charge is 2.48. The first kappa shape index (κ1) is 24.7. The summed E-state index contributed by atoms with van der Waals surface area (Å²) >= 11 is 0. The van der Waals surface area contributed by atoms with Gasteiger partial charge in [-0.25, -0.2) is 9.28 Å². The molecule has 2 saturated heterocycles. The van der Waals surface area contributed by atoms with Gasteiger partial charge < -0.3 is 19.7 Å². The van der Waals surface area contributed by atoms with Crippen molar-refractivity contribution in [2.24, 2.45) is 0 Å². The molecule has 0 aromatic heterocycles. The topological polar surface area (TPSA) is 124 Å². The van der Waals surface area contributed by atoms with Crippen LogP contribution in [0.4, 0.5) is 10.5 Å². The molecule has 2 fully saturated rings. The molecule has 2 unspecified atom stereocenters. The Bertz CT molecular complexity index is 860. The minimum absolute atomic E-state index is 0. The molecule has 2 atom stereocenters. The summed E-state index contributed by atoms with van der Waals surface area (Å²) in [5.41, 5.74) is -0.0605. The van der Waals surface area contributed by atoms with E-state index in [-0.39, 0.29) is 55.6 Å². The van der Waals surface area contributed by atoms with Crippen LogP contribution in [0.2, 0.25) is 0 Å². The number of quaternary nitrogens is 1. The van der Waals surface area contributed by atoms with E-state index in [4.69, 9.17) is 0 Å². The summed E-state index contributed by atoms with van der Waals surface area (Å²) < 4.78 is -0.936. The van der Waals surface area contributed by atoms with E-state index in [1.54, 1.807) is 11.0 Å². The highest BCUT2D eigenvalue weighted by molar-refractivity contribution is 5.85. The third kappa shape index (κ3) is 5.20. The standard InChI is InChI=1S/C20H26N4O6.ClH/c1-15(25)22-10-11-24(20(27)28,14-17(22)13-21-8-4-5-9-21)19(26)12-16-6-2-3-7-18(16)23(29)30;/h2-3,6-7,17H,4-5,8-14H2,1H3;1H. The van der Waals surface area contributed by atoms with Crippen LogP contribution in [-0.4, -0.2) is 82.4 Å². The van der Waals surface area contributed by atoms with Gasteiger partial charge in [-0.1, -0.05) is 18.2 Å². The lowest BCUT2D eigenvalue weighted by Crippen LogP contribution is -2.73. The number of carbonyl (C=O) groups excluding carboxylic acids is 3. The average Bonchev–Trinajstić information content (AvgIpc) is 3.20. The van der Waals surface area contributed by atoms with Crippen LogP contribution >= 0.6 is 12.4 Å². The molecule has 31 heavy (non-hydrogen) atoms. The quantitative estimate of drug-likeness (QED) is 0.362. The van der Waals surface area contributed by atoms with Gasteiger partial charge in [0.25, 0.3) is 11.8 Å². The van der Waals surface area contributed by atoms with Gasteiger partial charge in [0.2, 0.25) is 5.91 Å². The third-order valence-electron chi connectivity index (χ3n) is 6.11. The highest BCUT2D eigenvalue weighted by atomic mass is 35.5. The summed E-state index contributed by atoms with van der Waals surface area (Å²) in [6, 6.07) is 5.36. The number of amides is 3. The fourth-order valence-corrected chi connectivity index (χ4v) is 4.49. The van der Waals surface area contributed by atoms with Gasteiger partial charge in [0, 0.05) is 25.1 Å². The van der Waals surface area contributed by atoms with Crippen LogP contribution in [0.25, 0.3) is 0 Å². The van der Waals surface area contributed by atoms with E-state index < -0.39 is 27.4 Å². The van der Waals surface area contributed by atoms with Crippen LogP contribution < -0.4 is 5.11 Å². The molecule has 0 saturated carbocycles. The molecule has 2 aliphatic rings. The van der Waals surface area contributed by atoms with Crippen molar-refractivity contribution >= 4 is 36.0 Å². The fraction of sp³-hybridized carbons (Fsp3) is 0.550. The van der Waals surface area contributed by atoms with E-state index in [9.17, 15) is 29.6 Å². The molecule has 11 heteroatoms. The first-order chi connectivity index (χ1) is 14.2. The molecule has 3 amide bonds. The van der Waals surface area contributed by atoms with Crippen LogP contribution in [0.5, 0.6) is 0 Å². The zero-order valence-electron chi connectivity index (χ0n) is 17.4. The maximum Gasteiger partial charge on any atom is 0.324 e. The zero-order valence-corrected chi connectivity index (χ0v) is 18.2. The molecular formula is C20H27ClN4O6.